The van der Waals surface area contributed by atoms with Gasteiger partial charge in [-0.15, -0.1) is 11.8 Å². The van der Waals surface area contributed by atoms with Crippen LogP contribution < -0.4 is 5.43 Å². The lowest BCUT2D eigenvalue weighted by atomic mass is 9.95. The summed E-state index contributed by atoms with van der Waals surface area (Å²) in [4.78, 5) is 31.3. The molecule has 2 heterocycles. The number of amides is 2. The van der Waals surface area contributed by atoms with Crippen LogP contribution in [-0.2, 0) is 9.59 Å². The molecule has 1 saturated heterocycles. The maximum absolute atomic E-state index is 13.5. The van der Waals surface area contributed by atoms with Crippen molar-refractivity contribution >= 4 is 35.2 Å². The summed E-state index contributed by atoms with van der Waals surface area (Å²) in [6.45, 7) is 0. The minimum absolute atomic E-state index is 0.307. The molecule has 0 aliphatic carbocycles. The molecule has 3 aromatic carbocycles. The molecular formula is C27H20ClN3O2S. The highest BCUT2D eigenvalue weighted by molar-refractivity contribution is 8.01. The number of carbonyl (C=O) groups is 2. The van der Waals surface area contributed by atoms with Crippen molar-refractivity contribution in [2.45, 2.75) is 16.2 Å². The van der Waals surface area contributed by atoms with Crippen LogP contribution in [0, 0.1) is 0 Å². The van der Waals surface area contributed by atoms with Crippen molar-refractivity contribution in [1.82, 2.24) is 15.4 Å². The first-order valence-corrected chi connectivity index (χ1v) is 12.0. The smallest absolute Gasteiger partial charge is 0.265 e. The number of nitrogens with one attached hydrogen (secondary N) is 1. The van der Waals surface area contributed by atoms with Crippen LogP contribution in [0.5, 0.6) is 0 Å². The minimum atomic E-state index is -0.922. The van der Waals surface area contributed by atoms with Crippen LogP contribution in [0.3, 0.4) is 0 Å². The van der Waals surface area contributed by atoms with Gasteiger partial charge in [-0.1, -0.05) is 72.3 Å². The van der Waals surface area contributed by atoms with Gasteiger partial charge in [0.1, 0.15) is 6.04 Å². The zero-order chi connectivity index (χ0) is 23.5. The number of hydrogen-bond acceptors (Lipinski definition) is 4. The van der Waals surface area contributed by atoms with E-state index in [0.29, 0.717) is 9.92 Å². The first-order valence-electron chi connectivity index (χ1n) is 10.7. The summed E-state index contributed by atoms with van der Waals surface area (Å²) < 4.78 is 0. The van der Waals surface area contributed by atoms with Crippen molar-refractivity contribution in [2.75, 3.05) is 0 Å². The molecule has 4 aromatic rings. The van der Waals surface area contributed by atoms with Crippen LogP contribution in [0.25, 0.3) is 11.1 Å². The van der Waals surface area contributed by atoms with E-state index in [-0.39, 0.29) is 11.8 Å². The molecule has 2 unspecified atom stereocenters. The number of carbonyl (C=O) groups excluding carboxylic acids is 2. The third-order valence-corrected chi connectivity index (χ3v) is 7.30. The van der Waals surface area contributed by atoms with Gasteiger partial charge in [0.15, 0.2) is 5.25 Å². The predicted molar refractivity (Wildman–Crippen MR) is 134 cm³/mol. The van der Waals surface area contributed by atoms with Gasteiger partial charge in [0.05, 0.1) is 5.02 Å². The minimum Gasteiger partial charge on any atom is -0.271 e. The Bertz CT molecular complexity index is 1330. The molecule has 34 heavy (non-hydrogen) atoms. The maximum Gasteiger partial charge on any atom is 0.265 e. The van der Waals surface area contributed by atoms with Gasteiger partial charge >= 0.3 is 0 Å². The monoisotopic (exact) mass is 485 g/mol. The average Bonchev–Trinajstić information content (AvgIpc) is 3.15. The second-order valence-electron chi connectivity index (χ2n) is 7.79. The van der Waals surface area contributed by atoms with Crippen LogP contribution in [0.2, 0.25) is 5.02 Å². The number of pyridine rings is 1. The highest BCUT2D eigenvalue weighted by Gasteiger charge is 2.44. The van der Waals surface area contributed by atoms with E-state index in [0.717, 1.165) is 34.0 Å². The molecule has 168 valence electrons. The zero-order valence-corrected chi connectivity index (χ0v) is 19.5. The highest BCUT2D eigenvalue weighted by Crippen LogP contribution is 2.37. The predicted octanol–water partition coefficient (Wildman–Crippen LogP) is 5.53. The van der Waals surface area contributed by atoms with Gasteiger partial charge in [0.25, 0.3) is 11.8 Å². The van der Waals surface area contributed by atoms with E-state index in [1.807, 2.05) is 84.9 Å². The Labute approximate surface area is 206 Å². The van der Waals surface area contributed by atoms with Crippen molar-refractivity contribution in [3.05, 3.63) is 120 Å². The Morgan fingerprint density at radius 1 is 0.824 bits per heavy atom. The summed E-state index contributed by atoms with van der Waals surface area (Å²) in [7, 11) is 0. The Morgan fingerprint density at radius 3 is 2.29 bits per heavy atom. The molecule has 0 spiro atoms. The molecule has 0 saturated carbocycles. The molecule has 1 aliphatic heterocycles. The summed E-state index contributed by atoms with van der Waals surface area (Å²) in [6, 6.07) is 28.3. The normalized spacial score (nSPS) is 16.4. The van der Waals surface area contributed by atoms with E-state index in [1.54, 1.807) is 18.5 Å². The molecule has 0 bridgehead atoms. The first-order chi connectivity index (χ1) is 16.6. The number of nitrogens with zero attached hydrogens (tertiary/aromatic N) is 2. The van der Waals surface area contributed by atoms with Crippen LogP contribution in [0.1, 0.15) is 17.2 Å². The van der Waals surface area contributed by atoms with Crippen molar-refractivity contribution in [2.24, 2.45) is 0 Å². The van der Waals surface area contributed by atoms with Crippen molar-refractivity contribution < 1.29 is 9.59 Å². The quantitative estimate of drug-likeness (QED) is 0.365. The molecule has 7 heteroatoms. The van der Waals surface area contributed by atoms with Crippen molar-refractivity contribution in [1.29, 1.82) is 0 Å². The lowest BCUT2D eigenvalue weighted by Gasteiger charge is -2.28. The molecule has 0 radical (unpaired) electrons. The van der Waals surface area contributed by atoms with E-state index >= 15 is 0 Å². The van der Waals surface area contributed by atoms with Gasteiger partial charge < -0.3 is 0 Å². The largest absolute Gasteiger partial charge is 0.271 e. The van der Waals surface area contributed by atoms with Crippen LogP contribution in [0.4, 0.5) is 0 Å². The molecule has 1 aromatic heterocycles. The highest BCUT2D eigenvalue weighted by atomic mass is 35.5. The molecule has 2 amide bonds. The SMILES string of the molecule is O=C1NN(C(c2ccccc2)c2cccc(-c3ccncc3)c2)C(=O)C1Sc1ccccc1Cl. The fraction of sp³-hybridized carbons (Fsp3) is 0.0741. The van der Waals surface area contributed by atoms with Gasteiger partial charge in [-0.2, -0.15) is 0 Å². The maximum atomic E-state index is 13.5. The second kappa shape index (κ2) is 9.71. The molecule has 2 atom stereocenters. The van der Waals surface area contributed by atoms with E-state index in [1.165, 1.54) is 5.01 Å². The lowest BCUT2D eigenvalue weighted by Crippen LogP contribution is -2.39. The van der Waals surface area contributed by atoms with Crippen LogP contribution >= 0.6 is 23.4 Å². The molecule has 1 aliphatic rings. The van der Waals surface area contributed by atoms with E-state index in [4.69, 9.17) is 11.6 Å². The van der Waals surface area contributed by atoms with Crippen molar-refractivity contribution in [3.63, 3.8) is 0 Å². The number of halogens is 1. The van der Waals surface area contributed by atoms with Gasteiger partial charge in [-0.3, -0.25) is 20.0 Å². The Morgan fingerprint density at radius 2 is 1.53 bits per heavy atom. The van der Waals surface area contributed by atoms with Gasteiger partial charge in [-0.25, -0.2) is 5.01 Å². The number of aromatic nitrogens is 1. The van der Waals surface area contributed by atoms with Gasteiger partial charge in [0, 0.05) is 17.3 Å². The topological polar surface area (TPSA) is 62.3 Å². The first kappa shape index (κ1) is 22.2. The Balaban J connectivity index is 1.52. The second-order valence-corrected chi connectivity index (χ2v) is 9.34. The Kier molecular flexibility index (Phi) is 6.34. The fourth-order valence-electron chi connectivity index (χ4n) is 3.99. The third kappa shape index (κ3) is 4.42. The third-order valence-electron chi connectivity index (χ3n) is 5.60. The summed E-state index contributed by atoms with van der Waals surface area (Å²) in [5.41, 5.74) is 6.62. The standard InChI is InChI=1S/C27H20ClN3O2S/c28-22-11-4-5-12-23(22)34-25-26(32)30-31(27(25)33)24(19-7-2-1-3-8-19)21-10-6-9-20(17-21)18-13-15-29-16-14-18/h1-17,24-25H,(H,30,32). The van der Waals surface area contributed by atoms with Crippen LogP contribution in [-0.4, -0.2) is 27.1 Å². The average molecular weight is 486 g/mol. The molecule has 5 nitrogen and oxygen atoms in total. The number of hydrazine groups is 1. The van der Waals surface area contributed by atoms with E-state index < -0.39 is 11.3 Å². The molecule has 5 rings (SSSR count). The summed E-state index contributed by atoms with van der Waals surface area (Å²) >= 11 is 7.45. The van der Waals surface area contributed by atoms with Gasteiger partial charge in [0.2, 0.25) is 0 Å². The summed E-state index contributed by atoms with van der Waals surface area (Å²) in [5, 5.41) is 1.03. The van der Waals surface area contributed by atoms with Gasteiger partial charge in [-0.05, 0) is 52.6 Å². The number of thioether (sulfide) groups is 1. The Hall–Kier alpha value is -3.61. The summed E-state index contributed by atoms with van der Waals surface area (Å²) in [5.74, 6) is -0.667. The van der Waals surface area contributed by atoms with E-state index in [2.05, 4.69) is 10.4 Å². The summed E-state index contributed by atoms with van der Waals surface area (Å²) in [6.07, 6.45) is 3.49. The fourth-order valence-corrected chi connectivity index (χ4v) is 5.23. The number of benzene rings is 3. The lowest BCUT2D eigenvalue weighted by molar-refractivity contribution is -0.131. The number of hydrogen-bond donors (Lipinski definition) is 1. The van der Waals surface area contributed by atoms with Crippen LogP contribution in [0.15, 0.2) is 108 Å². The number of rotatable bonds is 6. The van der Waals surface area contributed by atoms with E-state index in [9.17, 15) is 9.59 Å². The molecule has 1 N–H and O–H groups in total. The molecule has 1 fully saturated rings. The zero-order valence-electron chi connectivity index (χ0n) is 18.0. The molecular weight excluding hydrogens is 466 g/mol. The van der Waals surface area contributed by atoms with Crippen molar-refractivity contribution in [3.8, 4) is 11.1 Å².